The van der Waals surface area contributed by atoms with E-state index in [0.29, 0.717) is 21.2 Å². The van der Waals surface area contributed by atoms with E-state index in [1.165, 1.54) is 0 Å². The van der Waals surface area contributed by atoms with Crippen LogP contribution < -0.4 is 5.32 Å². The van der Waals surface area contributed by atoms with Crippen molar-refractivity contribution in [2.45, 2.75) is 19.1 Å². The summed E-state index contributed by atoms with van der Waals surface area (Å²) < 4.78 is 5.37. The normalized spacial score (nSPS) is 11.5. The van der Waals surface area contributed by atoms with Gasteiger partial charge in [-0.15, -0.1) is 0 Å². The molecule has 3 aromatic rings. The largest absolute Gasteiger partial charge is 0.461 e. The molecule has 148 valence electrons. The van der Waals surface area contributed by atoms with Crippen LogP contribution in [-0.2, 0) is 16.1 Å². The molecule has 0 aliphatic heterocycles. The Hall–Kier alpha value is -2.82. The number of halogens is 2. The minimum atomic E-state index is -0.517. The van der Waals surface area contributed by atoms with Gasteiger partial charge in [0.2, 0.25) is 0 Å². The lowest BCUT2D eigenvalue weighted by molar-refractivity contribution is -0.145. The second kappa shape index (κ2) is 10.1. The van der Waals surface area contributed by atoms with Crippen LogP contribution in [0.5, 0.6) is 0 Å². The van der Waals surface area contributed by atoms with Gasteiger partial charge >= 0.3 is 5.97 Å². The fourth-order valence-corrected chi connectivity index (χ4v) is 3.25. The maximum atomic E-state index is 12.6. The molecule has 0 fully saturated rings. The molecule has 6 heteroatoms. The molecule has 1 atom stereocenters. The van der Waals surface area contributed by atoms with Gasteiger partial charge in [0.05, 0.1) is 12.5 Å². The summed E-state index contributed by atoms with van der Waals surface area (Å²) in [4.78, 5) is 25.0. The van der Waals surface area contributed by atoms with Crippen LogP contribution in [0.2, 0.25) is 10.0 Å². The van der Waals surface area contributed by atoms with E-state index in [4.69, 9.17) is 27.9 Å². The van der Waals surface area contributed by atoms with Gasteiger partial charge in [-0.1, -0.05) is 77.8 Å². The molecule has 0 bridgehead atoms. The van der Waals surface area contributed by atoms with Crippen LogP contribution in [-0.4, -0.2) is 11.9 Å². The third-order valence-electron chi connectivity index (χ3n) is 4.32. The number of amides is 1. The van der Waals surface area contributed by atoms with Crippen molar-refractivity contribution in [3.05, 3.63) is 106 Å². The Balaban J connectivity index is 1.68. The predicted molar refractivity (Wildman–Crippen MR) is 114 cm³/mol. The van der Waals surface area contributed by atoms with Crippen LogP contribution in [0.4, 0.5) is 0 Å². The minimum absolute atomic E-state index is 0.00616. The zero-order valence-electron chi connectivity index (χ0n) is 15.5. The number of hydrogen-bond donors (Lipinski definition) is 1. The molecule has 29 heavy (non-hydrogen) atoms. The van der Waals surface area contributed by atoms with Crippen LogP contribution in [0.25, 0.3) is 0 Å². The van der Waals surface area contributed by atoms with Crippen molar-refractivity contribution in [1.82, 2.24) is 5.32 Å². The number of carbonyl (C=O) groups excluding carboxylic acids is 2. The van der Waals surface area contributed by atoms with E-state index in [1.807, 2.05) is 36.4 Å². The zero-order chi connectivity index (χ0) is 20.6. The standard InChI is InChI=1S/C23H19Cl2NO3/c24-19-12-11-18(20(25)13-19)15-29-22(27)14-21(16-7-3-1-4-8-16)26-23(28)17-9-5-2-6-10-17/h1-13,21H,14-15H2,(H,26,28). The number of ether oxygens (including phenoxy) is 1. The predicted octanol–water partition coefficient (Wildman–Crippen LogP) is 5.60. The van der Waals surface area contributed by atoms with Gasteiger partial charge < -0.3 is 10.1 Å². The summed E-state index contributed by atoms with van der Waals surface area (Å²) in [5.41, 5.74) is 2.00. The van der Waals surface area contributed by atoms with Crippen molar-refractivity contribution >= 4 is 35.1 Å². The summed E-state index contributed by atoms with van der Waals surface area (Å²) in [6, 6.07) is 22.6. The summed E-state index contributed by atoms with van der Waals surface area (Å²) in [6.45, 7) is 0.0307. The Labute approximate surface area is 179 Å². The first-order chi connectivity index (χ1) is 14.0. The lowest BCUT2D eigenvalue weighted by Gasteiger charge is -2.19. The van der Waals surface area contributed by atoms with Crippen molar-refractivity contribution in [2.75, 3.05) is 0 Å². The van der Waals surface area contributed by atoms with Gasteiger partial charge in [-0.3, -0.25) is 9.59 Å². The molecule has 3 aromatic carbocycles. The van der Waals surface area contributed by atoms with E-state index in [-0.39, 0.29) is 18.9 Å². The molecule has 1 N–H and O–H groups in total. The monoisotopic (exact) mass is 427 g/mol. The second-order valence-corrected chi connectivity index (χ2v) is 7.25. The summed E-state index contributed by atoms with van der Waals surface area (Å²) in [7, 11) is 0. The van der Waals surface area contributed by atoms with Crippen LogP contribution in [0.15, 0.2) is 78.9 Å². The van der Waals surface area contributed by atoms with Crippen molar-refractivity contribution in [3.63, 3.8) is 0 Å². The van der Waals surface area contributed by atoms with E-state index in [1.54, 1.807) is 42.5 Å². The van der Waals surface area contributed by atoms with Gasteiger partial charge in [-0.25, -0.2) is 0 Å². The third-order valence-corrected chi connectivity index (χ3v) is 4.90. The van der Waals surface area contributed by atoms with E-state index in [0.717, 1.165) is 5.56 Å². The van der Waals surface area contributed by atoms with Gasteiger partial charge in [0, 0.05) is 21.2 Å². The van der Waals surface area contributed by atoms with Gasteiger partial charge in [-0.2, -0.15) is 0 Å². The molecule has 1 unspecified atom stereocenters. The molecule has 0 radical (unpaired) electrons. The maximum Gasteiger partial charge on any atom is 0.308 e. The Morgan fingerprint density at radius 1 is 0.897 bits per heavy atom. The van der Waals surface area contributed by atoms with Crippen molar-refractivity contribution in [1.29, 1.82) is 0 Å². The lowest BCUT2D eigenvalue weighted by Crippen LogP contribution is -2.30. The van der Waals surface area contributed by atoms with Gasteiger partial charge in [0.15, 0.2) is 0 Å². The molecule has 1 amide bonds. The summed E-state index contributed by atoms with van der Waals surface area (Å²) >= 11 is 12.0. The van der Waals surface area contributed by atoms with Crippen molar-refractivity contribution in [3.8, 4) is 0 Å². The SMILES string of the molecule is O=C(CC(NC(=O)c1ccccc1)c1ccccc1)OCc1ccc(Cl)cc1Cl. The van der Waals surface area contributed by atoms with Crippen molar-refractivity contribution in [2.24, 2.45) is 0 Å². The summed E-state index contributed by atoms with van der Waals surface area (Å²) in [6.07, 6.45) is -0.00616. The van der Waals surface area contributed by atoms with Crippen LogP contribution in [0.3, 0.4) is 0 Å². The molecule has 0 aliphatic rings. The number of hydrogen-bond acceptors (Lipinski definition) is 3. The Kier molecular flexibility index (Phi) is 7.28. The van der Waals surface area contributed by atoms with Crippen LogP contribution >= 0.6 is 23.2 Å². The van der Waals surface area contributed by atoms with Gasteiger partial charge in [0.1, 0.15) is 6.61 Å². The summed E-state index contributed by atoms with van der Waals surface area (Å²) in [5.74, 6) is -0.703. The highest BCUT2D eigenvalue weighted by Gasteiger charge is 2.20. The third kappa shape index (κ3) is 6.08. The van der Waals surface area contributed by atoms with E-state index in [9.17, 15) is 9.59 Å². The first-order valence-electron chi connectivity index (χ1n) is 9.03. The molecule has 0 aliphatic carbocycles. The highest BCUT2D eigenvalue weighted by atomic mass is 35.5. The lowest BCUT2D eigenvalue weighted by atomic mass is 10.0. The highest BCUT2D eigenvalue weighted by molar-refractivity contribution is 6.35. The Morgan fingerprint density at radius 2 is 1.55 bits per heavy atom. The first-order valence-corrected chi connectivity index (χ1v) is 9.79. The second-order valence-electron chi connectivity index (χ2n) is 6.40. The van der Waals surface area contributed by atoms with E-state index in [2.05, 4.69) is 5.32 Å². The Morgan fingerprint density at radius 3 is 2.21 bits per heavy atom. The fraction of sp³-hybridized carbons (Fsp3) is 0.130. The average Bonchev–Trinajstić information content (AvgIpc) is 2.74. The molecular weight excluding hydrogens is 409 g/mol. The number of nitrogens with one attached hydrogen (secondary N) is 1. The number of benzene rings is 3. The molecular formula is C23H19Cl2NO3. The van der Waals surface area contributed by atoms with Crippen LogP contribution in [0.1, 0.15) is 33.9 Å². The minimum Gasteiger partial charge on any atom is -0.461 e. The molecule has 0 saturated carbocycles. The topological polar surface area (TPSA) is 55.4 Å². The molecule has 4 nitrogen and oxygen atoms in total. The molecule has 3 rings (SSSR count). The first kappa shape index (κ1) is 20.9. The quantitative estimate of drug-likeness (QED) is 0.499. The van der Waals surface area contributed by atoms with Crippen LogP contribution in [0, 0.1) is 0 Å². The van der Waals surface area contributed by atoms with Gasteiger partial charge in [-0.05, 0) is 29.8 Å². The zero-order valence-corrected chi connectivity index (χ0v) is 17.0. The highest BCUT2D eigenvalue weighted by Crippen LogP contribution is 2.23. The molecule has 0 spiro atoms. The number of esters is 1. The Bertz CT molecular complexity index is 978. The average molecular weight is 428 g/mol. The van der Waals surface area contributed by atoms with E-state index < -0.39 is 12.0 Å². The molecule has 0 saturated heterocycles. The van der Waals surface area contributed by atoms with Gasteiger partial charge in [0.25, 0.3) is 5.91 Å². The fourth-order valence-electron chi connectivity index (χ4n) is 2.79. The smallest absolute Gasteiger partial charge is 0.308 e. The number of carbonyl (C=O) groups is 2. The summed E-state index contributed by atoms with van der Waals surface area (Å²) in [5, 5.41) is 3.86. The maximum absolute atomic E-state index is 12.6. The molecule has 0 aromatic heterocycles. The molecule has 0 heterocycles. The van der Waals surface area contributed by atoms with E-state index >= 15 is 0 Å². The number of rotatable bonds is 7. The van der Waals surface area contributed by atoms with Crippen molar-refractivity contribution < 1.29 is 14.3 Å².